The van der Waals surface area contributed by atoms with Crippen LogP contribution < -0.4 is 0 Å². The number of carbonyl (C=O) groups excluding carboxylic acids is 1. The first-order valence-electron chi connectivity index (χ1n) is 5.06. The summed E-state index contributed by atoms with van der Waals surface area (Å²) in [5.41, 5.74) is -0.223. The molecule has 1 saturated heterocycles. The normalized spacial score (nSPS) is 17.9. The Hall–Kier alpha value is -1.29. The molecule has 1 aromatic carbocycles. The van der Waals surface area contributed by atoms with Gasteiger partial charge in [0.2, 0.25) is 0 Å². The summed E-state index contributed by atoms with van der Waals surface area (Å²) in [6, 6.07) is 3.45. The van der Waals surface area contributed by atoms with E-state index < -0.39 is 17.0 Å². The molecule has 2 rings (SSSR count). The van der Waals surface area contributed by atoms with Crippen molar-refractivity contribution in [2.24, 2.45) is 0 Å². The van der Waals surface area contributed by atoms with E-state index in [2.05, 4.69) is 0 Å². The number of Topliss-reactive ketones (excluding diaryl/α,β-unsaturated/α-hetero) is 1. The van der Waals surface area contributed by atoms with Crippen molar-refractivity contribution in [3.8, 4) is 0 Å². The van der Waals surface area contributed by atoms with Crippen molar-refractivity contribution < 1.29 is 18.3 Å². The Morgan fingerprint density at radius 1 is 1.44 bits per heavy atom. The molecule has 1 aliphatic rings. The van der Waals surface area contributed by atoms with Crippen LogP contribution in [0, 0.1) is 11.6 Å². The molecule has 1 heterocycles. The molecule has 1 fully saturated rings. The Morgan fingerprint density at radius 3 is 2.56 bits per heavy atom. The maximum absolute atomic E-state index is 13.6. The first kappa shape index (κ1) is 11.2. The Kier molecular flexibility index (Phi) is 2.76. The lowest BCUT2D eigenvalue weighted by molar-refractivity contribution is -0.125. The number of hydrogen-bond acceptors (Lipinski definition) is 2. The molecule has 0 aliphatic carbocycles. The molecule has 0 radical (unpaired) electrons. The smallest absolute Gasteiger partial charge is 0.130 e. The molecular formula is C12H12F2O2. The second-order valence-electron chi connectivity index (χ2n) is 4.28. The third-order valence-electron chi connectivity index (χ3n) is 2.85. The van der Waals surface area contributed by atoms with E-state index >= 15 is 0 Å². The van der Waals surface area contributed by atoms with Crippen molar-refractivity contribution in [3.05, 3.63) is 35.4 Å². The molecule has 0 N–H and O–H groups in total. The summed E-state index contributed by atoms with van der Waals surface area (Å²) in [7, 11) is 0. The van der Waals surface area contributed by atoms with Crippen LogP contribution in [-0.4, -0.2) is 19.0 Å². The van der Waals surface area contributed by atoms with E-state index in [0.29, 0.717) is 18.8 Å². The third kappa shape index (κ3) is 1.85. The number of ketones is 1. The van der Waals surface area contributed by atoms with Crippen molar-refractivity contribution in [1.29, 1.82) is 0 Å². The molecule has 2 nitrogen and oxygen atoms in total. The predicted molar refractivity (Wildman–Crippen MR) is 54.2 cm³/mol. The Balaban J connectivity index is 2.36. The van der Waals surface area contributed by atoms with Gasteiger partial charge < -0.3 is 4.74 Å². The van der Waals surface area contributed by atoms with Crippen molar-refractivity contribution >= 4 is 5.78 Å². The molecular weight excluding hydrogens is 214 g/mol. The highest BCUT2D eigenvalue weighted by Crippen LogP contribution is 2.37. The fraction of sp³-hybridized carbons (Fsp3) is 0.417. The van der Waals surface area contributed by atoms with Gasteiger partial charge in [-0.1, -0.05) is 6.07 Å². The van der Waals surface area contributed by atoms with Crippen LogP contribution in [0.1, 0.15) is 18.9 Å². The number of halogens is 2. The van der Waals surface area contributed by atoms with Gasteiger partial charge in [-0.25, -0.2) is 8.78 Å². The number of hydrogen-bond donors (Lipinski definition) is 0. The molecule has 86 valence electrons. The average molecular weight is 226 g/mol. The van der Waals surface area contributed by atoms with Gasteiger partial charge in [-0.05, 0) is 18.6 Å². The quantitative estimate of drug-likeness (QED) is 0.789. The second-order valence-corrected chi connectivity index (χ2v) is 4.28. The Bertz CT molecular complexity index is 425. The monoisotopic (exact) mass is 226 g/mol. The fourth-order valence-electron chi connectivity index (χ4n) is 2.10. The molecule has 0 saturated carbocycles. The first-order chi connectivity index (χ1) is 7.53. The van der Waals surface area contributed by atoms with E-state index in [1.165, 1.54) is 19.1 Å². The molecule has 16 heavy (non-hydrogen) atoms. The van der Waals surface area contributed by atoms with Crippen LogP contribution >= 0.6 is 0 Å². The molecule has 0 atom stereocenters. The topological polar surface area (TPSA) is 26.3 Å². The van der Waals surface area contributed by atoms with Crippen LogP contribution in [-0.2, 0) is 14.9 Å². The maximum Gasteiger partial charge on any atom is 0.130 e. The van der Waals surface area contributed by atoms with Crippen LogP contribution in [0.4, 0.5) is 8.78 Å². The summed E-state index contributed by atoms with van der Waals surface area (Å²) in [5.74, 6) is -1.24. The third-order valence-corrected chi connectivity index (χ3v) is 2.85. The minimum atomic E-state index is -0.612. The average Bonchev–Trinajstić information content (AvgIpc) is 2.12. The summed E-state index contributed by atoms with van der Waals surface area (Å²) in [5, 5.41) is 0. The highest BCUT2D eigenvalue weighted by Gasteiger charge is 2.43. The minimum Gasteiger partial charge on any atom is -0.379 e. The summed E-state index contributed by atoms with van der Waals surface area (Å²) in [6.07, 6.45) is 0.232. The molecule has 0 unspecified atom stereocenters. The Morgan fingerprint density at radius 2 is 2.12 bits per heavy atom. The first-order valence-corrected chi connectivity index (χ1v) is 5.06. The number of ether oxygens (including phenoxy) is 1. The Labute approximate surface area is 92.2 Å². The van der Waals surface area contributed by atoms with E-state index in [9.17, 15) is 13.6 Å². The van der Waals surface area contributed by atoms with Gasteiger partial charge in [0.1, 0.15) is 17.4 Å². The minimum absolute atomic E-state index is 0.0213. The number of carbonyl (C=O) groups is 1. The van der Waals surface area contributed by atoms with Crippen molar-refractivity contribution in [1.82, 2.24) is 0 Å². The zero-order valence-electron chi connectivity index (χ0n) is 8.93. The molecule has 1 aromatic rings. The zero-order chi connectivity index (χ0) is 11.8. The van der Waals surface area contributed by atoms with E-state index in [-0.39, 0.29) is 12.2 Å². The largest absolute Gasteiger partial charge is 0.379 e. The summed E-state index contributed by atoms with van der Waals surface area (Å²) >= 11 is 0. The molecule has 0 amide bonds. The zero-order valence-corrected chi connectivity index (χ0v) is 8.93. The van der Waals surface area contributed by atoms with E-state index in [0.717, 1.165) is 6.07 Å². The van der Waals surface area contributed by atoms with Crippen LogP contribution in [0.15, 0.2) is 18.2 Å². The molecule has 1 aliphatic heterocycles. The van der Waals surface area contributed by atoms with Gasteiger partial charge >= 0.3 is 0 Å². The van der Waals surface area contributed by atoms with Gasteiger partial charge in [0, 0.05) is 12.5 Å². The maximum atomic E-state index is 13.6. The molecule has 0 aromatic heterocycles. The van der Waals surface area contributed by atoms with Gasteiger partial charge in [0.05, 0.1) is 18.6 Å². The highest BCUT2D eigenvalue weighted by molar-refractivity contribution is 5.77. The van der Waals surface area contributed by atoms with Gasteiger partial charge in [-0.3, -0.25) is 4.79 Å². The fourth-order valence-corrected chi connectivity index (χ4v) is 2.10. The number of benzene rings is 1. The van der Waals surface area contributed by atoms with Gasteiger partial charge in [-0.2, -0.15) is 0 Å². The highest BCUT2D eigenvalue weighted by atomic mass is 19.1. The van der Waals surface area contributed by atoms with Crippen molar-refractivity contribution in [3.63, 3.8) is 0 Å². The molecule has 0 bridgehead atoms. The lowest BCUT2D eigenvalue weighted by Gasteiger charge is -2.41. The summed E-state index contributed by atoms with van der Waals surface area (Å²) in [6.45, 7) is 2.09. The molecule has 4 heteroatoms. The van der Waals surface area contributed by atoms with E-state index in [4.69, 9.17) is 4.74 Å². The summed E-state index contributed by atoms with van der Waals surface area (Å²) < 4.78 is 31.5. The van der Waals surface area contributed by atoms with Gasteiger partial charge in [-0.15, -0.1) is 0 Å². The van der Waals surface area contributed by atoms with Crippen molar-refractivity contribution in [2.45, 2.75) is 18.8 Å². The lowest BCUT2D eigenvalue weighted by atomic mass is 9.74. The van der Waals surface area contributed by atoms with Gasteiger partial charge in [0.15, 0.2) is 0 Å². The van der Waals surface area contributed by atoms with Crippen LogP contribution in [0.5, 0.6) is 0 Å². The standard InChI is InChI=1S/C12H12F2O2/c1-8(15)5-12(6-16-7-12)10-3-2-9(13)4-11(10)14/h2-4H,5-7H2,1H3. The lowest BCUT2D eigenvalue weighted by Crippen LogP contribution is -2.48. The predicted octanol–water partition coefficient (Wildman–Crippen LogP) is 2.21. The van der Waals surface area contributed by atoms with Gasteiger partial charge in [0.25, 0.3) is 0 Å². The molecule has 0 spiro atoms. The SMILES string of the molecule is CC(=O)CC1(c2ccc(F)cc2F)COC1. The summed E-state index contributed by atoms with van der Waals surface area (Å²) in [4.78, 5) is 11.2. The van der Waals surface area contributed by atoms with Crippen LogP contribution in [0.3, 0.4) is 0 Å². The number of rotatable bonds is 3. The van der Waals surface area contributed by atoms with E-state index in [1.807, 2.05) is 0 Å². The van der Waals surface area contributed by atoms with E-state index in [1.54, 1.807) is 0 Å². The van der Waals surface area contributed by atoms with Crippen LogP contribution in [0.25, 0.3) is 0 Å². The second kappa shape index (κ2) is 3.94. The van der Waals surface area contributed by atoms with Crippen molar-refractivity contribution in [2.75, 3.05) is 13.2 Å². The van der Waals surface area contributed by atoms with Crippen LogP contribution in [0.2, 0.25) is 0 Å².